The van der Waals surface area contributed by atoms with Gasteiger partial charge in [-0.25, -0.2) is 4.79 Å². The normalized spacial score (nSPS) is 27.6. The monoisotopic (exact) mass is 328 g/mol. The van der Waals surface area contributed by atoms with Crippen molar-refractivity contribution in [1.82, 2.24) is 4.90 Å². The van der Waals surface area contributed by atoms with E-state index in [0.29, 0.717) is 11.3 Å². The van der Waals surface area contributed by atoms with Gasteiger partial charge in [0.15, 0.2) is 10.7 Å². The van der Waals surface area contributed by atoms with E-state index in [9.17, 15) is 19.5 Å². The van der Waals surface area contributed by atoms with Gasteiger partial charge in [-0.1, -0.05) is 16.9 Å². The molecule has 2 aliphatic rings. The average Bonchev–Trinajstić information content (AvgIpc) is 2.43. The first-order valence-electron chi connectivity index (χ1n) is 5.93. The molecule has 0 saturated carbocycles. The van der Waals surface area contributed by atoms with E-state index in [-0.39, 0.29) is 16.6 Å². The van der Waals surface area contributed by atoms with E-state index in [4.69, 9.17) is 5.53 Å². The van der Waals surface area contributed by atoms with Crippen molar-refractivity contribution in [1.29, 1.82) is 0 Å². The topological polar surface area (TPSA) is 123 Å². The third-order valence-electron chi connectivity index (χ3n) is 3.26. The number of hydrogen-bond acceptors (Lipinski definition) is 6. The molecule has 10 heteroatoms. The van der Waals surface area contributed by atoms with Gasteiger partial charge in [-0.3, -0.25) is 14.5 Å². The van der Waals surface area contributed by atoms with Crippen LogP contribution in [0.3, 0.4) is 0 Å². The quantitative estimate of drug-likeness (QED) is 0.362. The molecule has 1 amide bonds. The van der Waals surface area contributed by atoms with Gasteiger partial charge in [-0.15, -0.1) is 11.8 Å². The highest BCUT2D eigenvalue weighted by Gasteiger charge is 2.61. The van der Waals surface area contributed by atoms with E-state index < -0.39 is 22.8 Å². The summed E-state index contributed by atoms with van der Waals surface area (Å²) in [5.41, 5.74) is 7.74. The summed E-state index contributed by atoms with van der Waals surface area (Å²) in [6, 6.07) is 0. The fraction of sp³-hybridized carbons (Fsp3) is 0.545. The Kier molecular flexibility index (Phi) is 4.22. The molecule has 2 atom stereocenters. The number of thioether (sulfide) groups is 2. The van der Waals surface area contributed by atoms with Crippen LogP contribution in [0.5, 0.6) is 0 Å². The van der Waals surface area contributed by atoms with Crippen LogP contribution in [-0.4, -0.2) is 49.4 Å². The average molecular weight is 328 g/mol. The second kappa shape index (κ2) is 5.63. The SMILES string of the molecule is CC(=O)SCC1=C(C(=O)O)N2C(=O)C(C)(N=[N+]=[N-])[C@H]2SC1. The number of nitrogens with zero attached hydrogens (tertiary/aromatic N) is 4. The molecule has 1 N–H and O–H groups in total. The third kappa shape index (κ3) is 2.50. The molecule has 0 spiro atoms. The van der Waals surface area contributed by atoms with Crippen molar-refractivity contribution >= 4 is 40.5 Å². The summed E-state index contributed by atoms with van der Waals surface area (Å²) < 4.78 is 0. The molecule has 112 valence electrons. The summed E-state index contributed by atoms with van der Waals surface area (Å²) in [6.07, 6.45) is 0. The molecule has 8 nitrogen and oxygen atoms in total. The maximum Gasteiger partial charge on any atom is 0.352 e. The Morgan fingerprint density at radius 2 is 2.33 bits per heavy atom. The van der Waals surface area contributed by atoms with E-state index in [2.05, 4.69) is 10.0 Å². The van der Waals surface area contributed by atoms with Crippen LogP contribution < -0.4 is 0 Å². The fourth-order valence-corrected chi connectivity index (χ4v) is 4.42. The van der Waals surface area contributed by atoms with Crippen molar-refractivity contribution in [3.8, 4) is 0 Å². The van der Waals surface area contributed by atoms with Gasteiger partial charge in [0.25, 0.3) is 0 Å². The third-order valence-corrected chi connectivity index (χ3v) is 5.66. The van der Waals surface area contributed by atoms with E-state index in [1.54, 1.807) is 0 Å². The van der Waals surface area contributed by atoms with Gasteiger partial charge in [-0.2, -0.15) is 0 Å². The van der Waals surface area contributed by atoms with E-state index in [1.807, 2.05) is 0 Å². The lowest BCUT2D eigenvalue weighted by Gasteiger charge is -2.53. The number of hydrogen-bond donors (Lipinski definition) is 1. The Hall–Kier alpha value is -1.64. The number of β-lactam (4-membered cyclic amide) rings is 1. The maximum absolute atomic E-state index is 12.2. The molecule has 1 saturated heterocycles. The van der Waals surface area contributed by atoms with Crippen molar-refractivity contribution in [2.75, 3.05) is 11.5 Å². The summed E-state index contributed by atoms with van der Waals surface area (Å²) in [5.74, 6) is -1.12. The summed E-state index contributed by atoms with van der Waals surface area (Å²) in [4.78, 5) is 38.5. The number of carboxylic acids is 1. The Bertz CT molecular complexity index is 613. The van der Waals surface area contributed by atoms with Gasteiger partial charge in [0.2, 0.25) is 5.91 Å². The highest BCUT2D eigenvalue weighted by molar-refractivity contribution is 8.13. The van der Waals surface area contributed by atoms with Crippen LogP contribution in [0.1, 0.15) is 13.8 Å². The number of carboxylic acid groups (broad SMARTS) is 1. The Morgan fingerprint density at radius 3 is 2.86 bits per heavy atom. The molecule has 21 heavy (non-hydrogen) atoms. The second-order valence-electron chi connectivity index (χ2n) is 4.71. The molecule has 0 radical (unpaired) electrons. The smallest absolute Gasteiger partial charge is 0.352 e. The molecule has 1 fully saturated rings. The standard InChI is InChI=1S/C11H12N4O4S2/c1-5(16)20-3-6-4-21-10-11(2,13-14-12)9(19)15(10)7(6)8(17)18/h10H,3-4H2,1-2H3,(H,17,18)/t10-,11?/m1/s1. The first kappa shape index (κ1) is 15.7. The Morgan fingerprint density at radius 1 is 1.67 bits per heavy atom. The lowest BCUT2D eigenvalue weighted by molar-refractivity contribution is -0.153. The van der Waals surface area contributed by atoms with Crippen LogP contribution in [0.4, 0.5) is 0 Å². The molecular formula is C11H12N4O4S2. The van der Waals surface area contributed by atoms with Crippen LogP contribution >= 0.6 is 23.5 Å². The predicted molar refractivity (Wildman–Crippen MR) is 78.4 cm³/mol. The van der Waals surface area contributed by atoms with Gasteiger partial charge in [0, 0.05) is 23.3 Å². The number of carbonyl (C=O) groups is 3. The lowest BCUT2D eigenvalue weighted by atomic mass is 9.89. The van der Waals surface area contributed by atoms with Crippen molar-refractivity contribution in [3.05, 3.63) is 21.7 Å². The van der Waals surface area contributed by atoms with Gasteiger partial charge < -0.3 is 5.11 Å². The van der Waals surface area contributed by atoms with Crippen LogP contribution in [-0.2, 0) is 14.4 Å². The lowest BCUT2D eigenvalue weighted by Crippen LogP contribution is -2.71. The Balaban J connectivity index is 2.35. The molecule has 0 aromatic rings. The first-order chi connectivity index (χ1) is 9.82. The number of fused-ring (bicyclic) bond motifs is 1. The van der Waals surface area contributed by atoms with Crippen LogP contribution in [0, 0.1) is 0 Å². The highest BCUT2D eigenvalue weighted by Crippen LogP contribution is 2.48. The second-order valence-corrected chi connectivity index (χ2v) is 6.93. The number of carbonyl (C=O) groups excluding carboxylic acids is 2. The largest absolute Gasteiger partial charge is 0.477 e. The minimum absolute atomic E-state index is 0.0943. The summed E-state index contributed by atoms with van der Waals surface area (Å²) in [5, 5.41) is 12.2. The molecule has 2 rings (SSSR count). The minimum Gasteiger partial charge on any atom is -0.477 e. The molecule has 0 aromatic heterocycles. The van der Waals surface area contributed by atoms with Crippen molar-refractivity contribution < 1.29 is 19.5 Å². The number of amides is 1. The molecular weight excluding hydrogens is 316 g/mol. The fourth-order valence-electron chi connectivity index (χ4n) is 2.25. The molecule has 2 heterocycles. The zero-order valence-corrected chi connectivity index (χ0v) is 12.9. The maximum atomic E-state index is 12.2. The molecule has 0 bridgehead atoms. The van der Waals surface area contributed by atoms with Crippen molar-refractivity contribution in [3.63, 3.8) is 0 Å². The van der Waals surface area contributed by atoms with Gasteiger partial charge in [0.05, 0.1) is 0 Å². The van der Waals surface area contributed by atoms with Crippen LogP contribution in [0.15, 0.2) is 16.4 Å². The number of aliphatic carboxylic acids is 1. The van der Waals surface area contributed by atoms with E-state index >= 15 is 0 Å². The number of azide groups is 1. The van der Waals surface area contributed by atoms with Crippen molar-refractivity contribution in [2.45, 2.75) is 24.8 Å². The van der Waals surface area contributed by atoms with E-state index in [0.717, 1.165) is 16.7 Å². The number of rotatable bonds is 4. The minimum atomic E-state index is -1.25. The molecule has 2 aliphatic heterocycles. The van der Waals surface area contributed by atoms with Crippen LogP contribution in [0.2, 0.25) is 0 Å². The highest BCUT2D eigenvalue weighted by atomic mass is 32.2. The molecule has 1 unspecified atom stereocenters. The summed E-state index contributed by atoms with van der Waals surface area (Å²) in [7, 11) is 0. The Labute approximate surface area is 128 Å². The van der Waals surface area contributed by atoms with Gasteiger partial charge in [0.1, 0.15) is 11.1 Å². The van der Waals surface area contributed by atoms with Crippen LogP contribution in [0.25, 0.3) is 10.4 Å². The summed E-state index contributed by atoms with van der Waals surface area (Å²) in [6.45, 7) is 2.90. The van der Waals surface area contributed by atoms with Gasteiger partial charge in [-0.05, 0) is 18.0 Å². The van der Waals surface area contributed by atoms with Crippen molar-refractivity contribution in [2.24, 2.45) is 5.11 Å². The first-order valence-corrected chi connectivity index (χ1v) is 7.96. The molecule has 0 aromatic carbocycles. The zero-order valence-electron chi connectivity index (χ0n) is 11.3. The molecule has 0 aliphatic carbocycles. The van der Waals surface area contributed by atoms with E-state index in [1.165, 1.54) is 25.6 Å². The van der Waals surface area contributed by atoms with Gasteiger partial charge >= 0.3 is 5.97 Å². The predicted octanol–water partition coefficient (Wildman–Crippen LogP) is 1.59. The zero-order chi connectivity index (χ0) is 15.8. The summed E-state index contributed by atoms with van der Waals surface area (Å²) >= 11 is 2.34.